The monoisotopic (exact) mass is 390 g/mol. The van der Waals surface area contributed by atoms with Crippen LogP contribution in [0.2, 0.25) is 0 Å². The second kappa shape index (κ2) is 12.6. The summed E-state index contributed by atoms with van der Waals surface area (Å²) in [6.07, 6.45) is 3.41. The third-order valence-corrected chi connectivity index (χ3v) is 4.99. The zero-order valence-electron chi connectivity index (χ0n) is 18.0. The van der Waals surface area contributed by atoms with Crippen molar-refractivity contribution in [3.05, 3.63) is 24.3 Å². The van der Waals surface area contributed by atoms with Gasteiger partial charge in [-0.25, -0.2) is 0 Å². The Labute approximate surface area is 170 Å². The molecular formula is C22H38N4O2. The summed E-state index contributed by atoms with van der Waals surface area (Å²) < 4.78 is 10.9. The van der Waals surface area contributed by atoms with Crippen LogP contribution < -0.4 is 15.4 Å². The molecule has 0 radical (unpaired) electrons. The van der Waals surface area contributed by atoms with Crippen LogP contribution in [-0.2, 0) is 4.74 Å². The molecule has 0 amide bonds. The van der Waals surface area contributed by atoms with Gasteiger partial charge in [-0.3, -0.25) is 4.99 Å². The third-order valence-electron chi connectivity index (χ3n) is 4.99. The van der Waals surface area contributed by atoms with Gasteiger partial charge >= 0.3 is 0 Å². The first-order valence-corrected chi connectivity index (χ1v) is 10.6. The van der Waals surface area contributed by atoms with Crippen molar-refractivity contribution in [2.24, 2.45) is 10.9 Å². The minimum Gasteiger partial charge on any atom is -0.493 e. The summed E-state index contributed by atoms with van der Waals surface area (Å²) >= 11 is 0. The fourth-order valence-electron chi connectivity index (χ4n) is 3.44. The molecule has 6 nitrogen and oxygen atoms in total. The van der Waals surface area contributed by atoms with Crippen molar-refractivity contribution < 1.29 is 9.47 Å². The van der Waals surface area contributed by atoms with E-state index in [0.29, 0.717) is 25.2 Å². The standard InChI is InChI=1S/C22H38N4O2/c1-5-23-22(24-16-19-9-7-12-26(17-19)18(2)3)25-20-10-6-11-21(15-20)28-14-8-13-27-4/h6,10-11,15,18-19H,5,7-9,12-14,16-17H2,1-4H3,(H2,23,24,25). The van der Waals surface area contributed by atoms with E-state index in [1.807, 2.05) is 24.3 Å². The number of aliphatic imine (C=N–C) groups is 1. The number of piperidine rings is 1. The summed E-state index contributed by atoms with van der Waals surface area (Å²) in [7, 11) is 1.71. The molecule has 0 aromatic heterocycles. The molecule has 1 saturated heterocycles. The number of methoxy groups -OCH3 is 1. The van der Waals surface area contributed by atoms with Gasteiger partial charge in [0, 0.05) is 57.6 Å². The molecule has 0 aliphatic carbocycles. The van der Waals surface area contributed by atoms with Gasteiger partial charge in [0.15, 0.2) is 5.96 Å². The number of hydrogen-bond donors (Lipinski definition) is 2. The maximum absolute atomic E-state index is 5.79. The smallest absolute Gasteiger partial charge is 0.195 e. The first kappa shape index (κ1) is 22.5. The van der Waals surface area contributed by atoms with Crippen molar-refractivity contribution in [3.63, 3.8) is 0 Å². The quantitative estimate of drug-likeness (QED) is 0.363. The van der Waals surface area contributed by atoms with Crippen molar-refractivity contribution in [1.82, 2.24) is 10.2 Å². The molecule has 28 heavy (non-hydrogen) atoms. The van der Waals surface area contributed by atoms with E-state index < -0.39 is 0 Å². The van der Waals surface area contributed by atoms with E-state index in [1.54, 1.807) is 7.11 Å². The highest BCUT2D eigenvalue weighted by Crippen LogP contribution is 2.20. The van der Waals surface area contributed by atoms with E-state index in [4.69, 9.17) is 14.5 Å². The third kappa shape index (κ3) is 8.07. The summed E-state index contributed by atoms with van der Waals surface area (Å²) in [6.45, 7) is 12.1. The number of rotatable bonds is 10. The average molecular weight is 391 g/mol. The first-order chi connectivity index (χ1) is 13.6. The van der Waals surface area contributed by atoms with Crippen molar-refractivity contribution in [2.75, 3.05) is 51.8 Å². The molecule has 2 N–H and O–H groups in total. The molecule has 0 saturated carbocycles. The molecule has 1 aromatic carbocycles. The lowest BCUT2D eigenvalue weighted by Crippen LogP contribution is -2.41. The molecule has 1 aromatic rings. The minimum atomic E-state index is 0.616. The Morgan fingerprint density at radius 3 is 2.93 bits per heavy atom. The normalized spacial score (nSPS) is 18.3. The van der Waals surface area contributed by atoms with E-state index in [2.05, 4.69) is 36.3 Å². The summed E-state index contributed by atoms with van der Waals surface area (Å²) in [6, 6.07) is 8.64. The van der Waals surface area contributed by atoms with Crippen LogP contribution in [0.4, 0.5) is 5.69 Å². The molecule has 1 aliphatic rings. The Morgan fingerprint density at radius 1 is 1.32 bits per heavy atom. The average Bonchev–Trinajstić information content (AvgIpc) is 2.70. The van der Waals surface area contributed by atoms with E-state index in [1.165, 1.54) is 19.4 Å². The van der Waals surface area contributed by atoms with Crippen molar-refractivity contribution >= 4 is 11.6 Å². The second-order valence-corrected chi connectivity index (χ2v) is 7.66. The molecule has 2 rings (SSSR count). The predicted octanol–water partition coefficient (Wildman–Crippen LogP) is 3.60. The first-order valence-electron chi connectivity index (χ1n) is 10.6. The Hall–Kier alpha value is -1.79. The van der Waals surface area contributed by atoms with E-state index in [9.17, 15) is 0 Å². The highest BCUT2D eigenvalue weighted by Gasteiger charge is 2.21. The molecule has 1 fully saturated rings. The van der Waals surface area contributed by atoms with Gasteiger partial charge in [-0.05, 0) is 58.2 Å². The van der Waals surface area contributed by atoms with Gasteiger partial charge in [0.1, 0.15) is 5.75 Å². The van der Waals surface area contributed by atoms with Crippen LogP contribution in [0.25, 0.3) is 0 Å². The van der Waals surface area contributed by atoms with Gasteiger partial charge in [-0.2, -0.15) is 0 Å². The molecule has 1 heterocycles. The van der Waals surface area contributed by atoms with Crippen molar-refractivity contribution in [1.29, 1.82) is 0 Å². The molecule has 158 valence electrons. The molecule has 1 atom stereocenters. The number of nitrogens with zero attached hydrogens (tertiary/aromatic N) is 2. The van der Waals surface area contributed by atoms with Crippen LogP contribution in [0.15, 0.2) is 29.3 Å². The van der Waals surface area contributed by atoms with Crippen LogP contribution in [0.3, 0.4) is 0 Å². The largest absolute Gasteiger partial charge is 0.493 e. The van der Waals surface area contributed by atoms with E-state index in [-0.39, 0.29) is 0 Å². The van der Waals surface area contributed by atoms with Gasteiger partial charge in [0.25, 0.3) is 0 Å². The summed E-state index contributed by atoms with van der Waals surface area (Å²) in [5.74, 6) is 2.32. The molecule has 1 unspecified atom stereocenters. The molecular weight excluding hydrogens is 352 g/mol. The van der Waals surface area contributed by atoms with Gasteiger partial charge in [0.05, 0.1) is 6.61 Å². The lowest BCUT2D eigenvalue weighted by atomic mass is 9.97. The summed E-state index contributed by atoms with van der Waals surface area (Å²) in [4.78, 5) is 7.42. The number of anilines is 1. The number of hydrogen-bond acceptors (Lipinski definition) is 4. The number of ether oxygens (including phenoxy) is 2. The van der Waals surface area contributed by atoms with Crippen LogP contribution in [0.5, 0.6) is 5.75 Å². The number of likely N-dealkylation sites (tertiary alicyclic amines) is 1. The lowest BCUT2D eigenvalue weighted by Gasteiger charge is -2.34. The summed E-state index contributed by atoms with van der Waals surface area (Å²) in [5, 5.41) is 6.77. The Bertz CT molecular complexity index is 592. The molecule has 0 bridgehead atoms. The fourth-order valence-corrected chi connectivity index (χ4v) is 3.44. The topological polar surface area (TPSA) is 58.1 Å². The maximum atomic E-state index is 5.79. The molecule has 0 spiro atoms. The maximum Gasteiger partial charge on any atom is 0.195 e. The zero-order valence-corrected chi connectivity index (χ0v) is 18.0. The summed E-state index contributed by atoms with van der Waals surface area (Å²) in [5.41, 5.74) is 0.983. The fraction of sp³-hybridized carbons (Fsp3) is 0.682. The van der Waals surface area contributed by atoms with Crippen molar-refractivity contribution in [2.45, 2.75) is 46.1 Å². The van der Waals surface area contributed by atoms with Crippen LogP contribution in [-0.4, -0.2) is 63.4 Å². The van der Waals surface area contributed by atoms with Gasteiger partial charge in [-0.15, -0.1) is 0 Å². The second-order valence-electron chi connectivity index (χ2n) is 7.66. The Kier molecular flexibility index (Phi) is 10.1. The van der Waals surface area contributed by atoms with Gasteiger partial charge < -0.3 is 25.0 Å². The SMILES string of the molecule is CCNC(=NCC1CCCN(C(C)C)C1)Nc1cccc(OCCCOC)c1. The number of guanidine groups is 1. The number of benzene rings is 1. The number of nitrogens with one attached hydrogen (secondary N) is 2. The predicted molar refractivity (Wildman–Crippen MR) is 117 cm³/mol. The van der Waals surface area contributed by atoms with Gasteiger partial charge in [-0.1, -0.05) is 6.07 Å². The van der Waals surface area contributed by atoms with Crippen LogP contribution >= 0.6 is 0 Å². The van der Waals surface area contributed by atoms with Gasteiger partial charge in [0.2, 0.25) is 0 Å². The Balaban J connectivity index is 1.91. The van der Waals surface area contributed by atoms with Crippen LogP contribution in [0, 0.1) is 5.92 Å². The Morgan fingerprint density at radius 2 is 2.18 bits per heavy atom. The zero-order chi connectivity index (χ0) is 20.2. The van der Waals surface area contributed by atoms with E-state index >= 15 is 0 Å². The minimum absolute atomic E-state index is 0.616. The van der Waals surface area contributed by atoms with Crippen LogP contribution in [0.1, 0.15) is 40.0 Å². The highest BCUT2D eigenvalue weighted by molar-refractivity contribution is 5.93. The highest BCUT2D eigenvalue weighted by atomic mass is 16.5. The van der Waals surface area contributed by atoms with E-state index in [0.717, 1.165) is 43.5 Å². The molecule has 6 heteroatoms. The lowest BCUT2D eigenvalue weighted by molar-refractivity contribution is 0.143. The molecule has 1 aliphatic heterocycles. The van der Waals surface area contributed by atoms with Crippen molar-refractivity contribution in [3.8, 4) is 5.75 Å².